The number of carbonyl (C=O) groups is 1. The molecule has 0 saturated carbocycles. The standard InChI is InChI=1S/C16H20N4O2/c1-16(2,3)22-15(21)20-7-6-11-4-5-12(8-13(11)10-20)14-9-17-19-18-14/h4-5,8-9H,6-7,10H2,1-3H3,(H,17,18,19). The fourth-order valence-electron chi connectivity index (χ4n) is 2.54. The molecule has 1 aliphatic heterocycles. The molecule has 0 spiro atoms. The maximum absolute atomic E-state index is 12.2. The number of fused-ring (bicyclic) bond motifs is 1. The van der Waals surface area contributed by atoms with Crippen LogP contribution in [0, 0.1) is 0 Å². The molecule has 116 valence electrons. The van der Waals surface area contributed by atoms with Gasteiger partial charge in [-0.2, -0.15) is 0 Å². The lowest BCUT2D eigenvalue weighted by Gasteiger charge is -2.31. The molecule has 1 N–H and O–H groups in total. The Kier molecular flexibility index (Phi) is 3.60. The Morgan fingerprint density at radius 3 is 2.82 bits per heavy atom. The van der Waals surface area contributed by atoms with Gasteiger partial charge in [0.1, 0.15) is 11.3 Å². The predicted octanol–water partition coefficient (Wildman–Crippen LogP) is 2.76. The Morgan fingerprint density at radius 2 is 2.14 bits per heavy atom. The molecular formula is C16H20N4O2. The first-order valence-electron chi connectivity index (χ1n) is 7.39. The van der Waals surface area contributed by atoms with Crippen LogP contribution in [0.15, 0.2) is 24.4 Å². The molecule has 6 heteroatoms. The van der Waals surface area contributed by atoms with Crippen LogP contribution < -0.4 is 0 Å². The van der Waals surface area contributed by atoms with Crippen LogP contribution in [0.5, 0.6) is 0 Å². The Balaban J connectivity index is 1.80. The number of aromatic nitrogens is 3. The van der Waals surface area contributed by atoms with Crippen LogP contribution in [0.1, 0.15) is 31.9 Å². The highest BCUT2D eigenvalue weighted by atomic mass is 16.6. The number of ether oxygens (including phenoxy) is 1. The molecular weight excluding hydrogens is 280 g/mol. The second-order valence-electron chi connectivity index (χ2n) is 6.49. The average Bonchev–Trinajstić information content (AvgIpc) is 2.98. The highest BCUT2D eigenvalue weighted by Crippen LogP contribution is 2.25. The van der Waals surface area contributed by atoms with Crippen LogP contribution in [0.3, 0.4) is 0 Å². The Bertz CT molecular complexity index is 674. The lowest BCUT2D eigenvalue weighted by Crippen LogP contribution is -2.39. The second-order valence-corrected chi connectivity index (χ2v) is 6.49. The van der Waals surface area contributed by atoms with E-state index >= 15 is 0 Å². The second kappa shape index (κ2) is 5.44. The topological polar surface area (TPSA) is 71.1 Å². The van der Waals surface area contributed by atoms with Crippen molar-refractivity contribution in [1.29, 1.82) is 0 Å². The minimum absolute atomic E-state index is 0.259. The third kappa shape index (κ3) is 3.10. The van der Waals surface area contributed by atoms with E-state index in [9.17, 15) is 4.79 Å². The van der Waals surface area contributed by atoms with E-state index in [0.717, 1.165) is 23.2 Å². The summed E-state index contributed by atoms with van der Waals surface area (Å²) in [4.78, 5) is 14.0. The molecule has 1 aliphatic rings. The van der Waals surface area contributed by atoms with Gasteiger partial charge < -0.3 is 9.64 Å². The lowest BCUT2D eigenvalue weighted by atomic mass is 9.97. The molecule has 0 fully saturated rings. The maximum atomic E-state index is 12.2. The first-order chi connectivity index (χ1) is 10.4. The van der Waals surface area contributed by atoms with Gasteiger partial charge in [-0.25, -0.2) is 4.79 Å². The van der Waals surface area contributed by atoms with E-state index < -0.39 is 5.60 Å². The molecule has 3 rings (SSSR count). The summed E-state index contributed by atoms with van der Waals surface area (Å²) in [6.07, 6.45) is 2.34. The highest BCUT2D eigenvalue weighted by Gasteiger charge is 2.25. The summed E-state index contributed by atoms with van der Waals surface area (Å²) in [7, 11) is 0. The first-order valence-corrected chi connectivity index (χ1v) is 7.39. The fraction of sp³-hybridized carbons (Fsp3) is 0.438. The number of H-pyrrole nitrogens is 1. The van der Waals surface area contributed by atoms with Crippen molar-refractivity contribution in [3.63, 3.8) is 0 Å². The van der Waals surface area contributed by atoms with Crippen molar-refractivity contribution in [2.75, 3.05) is 6.54 Å². The molecule has 22 heavy (non-hydrogen) atoms. The van der Waals surface area contributed by atoms with E-state index in [4.69, 9.17) is 4.74 Å². The van der Waals surface area contributed by atoms with E-state index in [2.05, 4.69) is 27.5 Å². The fourth-order valence-corrected chi connectivity index (χ4v) is 2.54. The van der Waals surface area contributed by atoms with Gasteiger partial charge in [0, 0.05) is 24.8 Å². The van der Waals surface area contributed by atoms with Gasteiger partial charge in [0.05, 0.1) is 0 Å². The zero-order valence-corrected chi connectivity index (χ0v) is 13.1. The quantitative estimate of drug-likeness (QED) is 0.879. The summed E-state index contributed by atoms with van der Waals surface area (Å²) < 4.78 is 5.45. The van der Waals surface area contributed by atoms with Gasteiger partial charge in [-0.15, -0.1) is 5.10 Å². The minimum Gasteiger partial charge on any atom is -0.444 e. The van der Waals surface area contributed by atoms with Crippen LogP contribution in [0.25, 0.3) is 11.3 Å². The molecule has 0 unspecified atom stereocenters. The highest BCUT2D eigenvalue weighted by molar-refractivity contribution is 5.69. The van der Waals surface area contributed by atoms with Crippen LogP contribution in [0.4, 0.5) is 4.79 Å². The largest absolute Gasteiger partial charge is 0.444 e. The number of benzene rings is 1. The van der Waals surface area contributed by atoms with Crippen molar-refractivity contribution in [1.82, 2.24) is 20.3 Å². The smallest absolute Gasteiger partial charge is 0.410 e. The normalized spacial score (nSPS) is 14.6. The number of rotatable bonds is 1. The first kappa shape index (κ1) is 14.6. The van der Waals surface area contributed by atoms with Crippen molar-refractivity contribution in [3.05, 3.63) is 35.5 Å². The van der Waals surface area contributed by atoms with Crippen molar-refractivity contribution in [3.8, 4) is 11.3 Å². The Morgan fingerprint density at radius 1 is 1.32 bits per heavy atom. The molecule has 6 nitrogen and oxygen atoms in total. The van der Waals surface area contributed by atoms with Crippen LogP contribution in [-0.2, 0) is 17.7 Å². The number of nitrogens with one attached hydrogen (secondary N) is 1. The Labute approximate surface area is 129 Å². The molecule has 0 radical (unpaired) electrons. The van der Waals surface area contributed by atoms with E-state index in [1.165, 1.54) is 5.56 Å². The van der Waals surface area contributed by atoms with Gasteiger partial charge in [0.25, 0.3) is 0 Å². The van der Waals surface area contributed by atoms with Gasteiger partial charge in [-0.1, -0.05) is 17.3 Å². The monoisotopic (exact) mass is 300 g/mol. The number of hydrogen-bond donors (Lipinski definition) is 1. The number of hydrogen-bond acceptors (Lipinski definition) is 4. The van der Waals surface area contributed by atoms with E-state index in [1.807, 2.05) is 26.8 Å². The van der Waals surface area contributed by atoms with Crippen molar-refractivity contribution < 1.29 is 9.53 Å². The molecule has 0 saturated heterocycles. The Hall–Kier alpha value is -2.37. The van der Waals surface area contributed by atoms with Gasteiger partial charge in [0.2, 0.25) is 0 Å². The van der Waals surface area contributed by atoms with Crippen LogP contribution in [-0.4, -0.2) is 38.5 Å². The lowest BCUT2D eigenvalue weighted by molar-refractivity contribution is 0.0224. The summed E-state index contributed by atoms with van der Waals surface area (Å²) in [6, 6.07) is 6.22. The van der Waals surface area contributed by atoms with Crippen molar-refractivity contribution >= 4 is 6.09 Å². The molecule has 0 aliphatic carbocycles. The number of amides is 1. The predicted molar refractivity (Wildman–Crippen MR) is 82.2 cm³/mol. The molecule has 1 aromatic carbocycles. The van der Waals surface area contributed by atoms with Crippen LogP contribution >= 0.6 is 0 Å². The van der Waals surface area contributed by atoms with Gasteiger partial charge in [-0.05, 0) is 44.4 Å². The zero-order chi connectivity index (χ0) is 15.7. The zero-order valence-electron chi connectivity index (χ0n) is 13.1. The summed E-state index contributed by atoms with van der Waals surface area (Å²) >= 11 is 0. The van der Waals surface area contributed by atoms with Crippen molar-refractivity contribution in [2.45, 2.75) is 39.3 Å². The third-order valence-corrected chi connectivity index (χ3v) is 3.58. The van der Waals surface area contributed by atoms with E-state index in [1.54, 1.807) is 11.1 Å². The molecule has 0 atom stereocenters. The van der Waals surface area contributed by atoms with Gasteiger partial charge in [-0.3, -0.25) is 5.10 Å². The summed E-state index contributed by atoms with van der Waals surface area (Å²) in [5, 5.41) is 10.5. The maximum Gasteiger partial charge on any atom is 0.410 e. The van der Waals surface area contributed by atoms with Crippen molar-refractivity contribution in [2.24, 2.45) is 0 Å². The summed E-state index contributed by atoms with van der Waals surface area (Å²) in [5.41, 5.74) is 3.74. The molecule has 1 aromatic heterocycles. The van der Waals surface area contributed by atoms with Gasteiger partial charge in [0.15, 0.2) is 0 Å². The summed E-state index contributed by atoms with van der Waals surface area (Å²) in [5.74, 6) is 0. The summed E-state index contributed by atoms with van der Waals surface area (Å²) in [6.45, 7) is 6.89. The SMILES string of the molecule is CC(C)(C)OC(=O)N1CCc2ccc(-c3c[nH]nn3)cc2C1. The van der Waals surface area contributed by atoms with Crippen LogP contribution in [0.2, 0.25) is 0 Å². The molecule has 2 aromatic rings. The van der Waals surface area contributed by atoms with E-state index in [-0.39, 0.29) is 6.09 Å². The molecule has 0 bridgehead atoms. The third-order valence-electron chi connectivity index (χ3n) is 3.58. The average molecular weight is 300 g/mol. The molecule has 1 amide bonds. The minimum atomic E-state index is -0.472. The number of nitrogens with zero attached hydrogens (tertiary/aromatic N) is 3. The molecule has 2 heterocycles. The number of carbonyl (C=O) groups excluding carboxylic acids is 1. The van der Waals surface area contributed by atoms with E-state index in [0.29, 0.717) is 13.1 Å². The van der Waals surface area contributed by atoms with Gasteiger partial charge >= 0.3 is 6.09 Å². The number of aromatic amines is 1.